The van der Waals surface area contributed by atoms with E-state index >= 15 is 0 Å². The van der Waals surface area contributed by atoms with Crippen LogP contribution in [0.1, 0.15) is 67.7 Å². The number of allylic oxidation sites excluding steroid dienone is 4. The van der Waals surface area contributed by atoms with E-state index in [2.05, 4.69) is 20.1 Å². The van der Waals surface area contributed by atoms with E-state index in [0.29, 0.717) is 5.92 Å². The van der Waals surface area contributed by atoms with Gasteiger partial charge in [0.25, 0.3) is 0 Å². The summed E-state index contributed by atoms with van der Waals surface area (Å²) in [5.41, 5.74) is 3.70. The maximum absolute atomic E-state index is 12.0. The predicted molar refractivity (Wildman–Crippen MR) is 99.7 cm³/mol. The lowest BCUT2D eigenvalue weighted by Gasteiger charge is -2.26. The Morgan fingerprint density at radius 1 is 1.09 bits per heavy atom. The van der Waals surface area contributed by atoms with Gasteiger partial charge in [0.15, 0.2) is 0 Å². The minimum absolute atomic E-state index is 0.135. The smallest absolute Gasteiger partial charge is 0.230 e. The van der Waals surface area contributed by atoms with Crippen molar-refractivity contribution in [3.05, 3.63) is 36.1 Å². The van der Waals surface area contributed by atoms with E-state index in [1.54, 1.807) is 4.90 Å². The van der Waals surface area contributed by atoms with Gasteiger partial charge in [0.05, 0.1) is 5.92 Å². The molecule has 2 nitrogen and oxygen atoms in total. The second kappa shape index (κ2) is 12.3. The van der Waals surface area contributed by atoms with Crippen molar-refractivity contribution in [2.24, 2.45) is 11.8 Å². The van der Waals surface area contributed by atoms with Crippen molar-refractivity contribution >= 4 is 5.91 Å². The van der Waals surface area contributed by atoms with Crippen LogP contribution in [0.5, 0.6) is 0 Å². The number of fused-ring (bicyclic) bond motifs is 1. The van der Waals surface area contributed by atoms with Crippen LogP contribution in [-0.4, -0.2) is 17.9 Å². The van der Waals surface area contributed by atoms with E-state index in [4.69, 9.17) is 0 Å². The normalized spacial score (nSPS) is 22.5. The van der Waals surface area contributed by atoms with Crippen LogP contribution in [0.4, 0.5) is 0 Å². The lowest BCUT2D eigenvalue weighted by molar-refractivity contribution is -0.129. The fourth-order valence-electron chi connectivity index (χ4n) is 2.91. The monoisotopic (exact) mass is 307 g/mol. The van der Waals surface area contributed by atoms with Crippen molar-refractivity contribution in [2.45, 2.75) is 67.7 Å². The first-order chi connectivity index (χ1) is 10.6. The number of nitrogens with zero attached hydrogens (tertiary/aromatic N) is 1. The second-order valence-corrected chi connectivity index (χ2v) is 4.70. The van der Waals surface area contributed by atoms with E-state index in [9.17, 15) is 4.79 Å². The number of carbonyl (C=O) groups is 1. The Bertz CT molecular complexity index is 393. The minimum atomic E-state index is 0.135. The van der Waals surface area contributed by atoms with Gasteiger partial charge in [-0.05, 0) is 24.8 Å². The molecule has 1 heterocycles. The molecule has 2 atom stereocenters. The molecule has 1 aliphatic carbocycles. The quantitative estimate of drug-likeness (QED) is 0.615. The first-order valence-corrected chi connectivity index (χ1v) is 8.89. The zero-order valence-corrected chi connectivity index (χ0v) is 16.1. The number of rotatable bonds is 2. The maximum atomic E-state index is 12.0. The summed E-state index contributed by atoms with van der Waals surface area (Å²) < 4.78 is 0. The van der Waals surface area contributed by atoms with Gasteiger partial charge in [0, 0.05) is 18.7 Å². The Balaban J connectivity index is 0. The molecule has 0 aromatic heterocycles. The van der Waals surface area contributed by atoms with E-state index in [1.807, 2.05) is 54.7 Å². The van der Waals surface area contributed by atoms with Gasteiger partial charge < -0.3 is 4.90 Å². The largest absolute Gasteiger partial charge is 0.319 e. The summed E-state index contributed by atoms with van der Waals surface area (Å²) in [6, 6.07) is 0. The Morgan fingerprint density at radius 2 is 1.59 bits per heavy atom. The highest BCUT2D eigenvalue weighted by atomic mass is 16.2. The Labute approximate surface area is 139 Å². The Hall–Kier alpha value is -1.31. The van der Waals surface area contributed by atoms with Gasteiger partial charge in [0.2, 0.25) is 5.91 Å². The molecule has 0 saturated carbocycles. The van der Waals surface area contributed by atoms with E-state index in [1.165, 1.54) is 11.1 Å². The molecule has 2 rings (SSSR count). The van der Waals surface area contributed by atoms with Crippen LogP contribution >= 0.6 is 0 Å². The summed E-state index contributed by atoms with van der Waals surface area (Å²) in [7, 11) is 1.84. The van der Waals surface area contributed by atoms with Crippen LogP contribution in [0.3, 0.4) is 0 Å². The molecule has 1 saturated heterocycles. The van der Waals surface area contributed by atoms with Crippen molar-refractivity contribution in [1.29, 1.82) is 0 Å². The highest BCUT2D eigenvalue weighted by Gasteiger charge is 2.44. The van der Waals surface area contributed by atoms with Gasteiger partial charge in [-0.15, -0.1) is 0 Å². The minimum Gasteiger partial charge on any atom is -0.319 e. The van der Waals surface area contributed by atoms with Crippen molar-refractivity contribution in [3.63, 3.8) is 0 Å². The van der Waals surface area contributed by atoms with Crippen LogP contribution in [0.25, 0.3) is 0 Å². The Kier molecular flexibility index (Phi) is 12.8. The third-order valence-corrected chi connectivity index (χ3v) is 4.03. The molecule has 0 aromatic rings. The van der Waals surface area contributed by atoms with E-state index in [-0.39, 0.29) is 11.8 Å². The van der Waals surface area contributed by atoms with Gasteiger partial charge in [0.1, 0.15) is 0 Å². The zero-order valence-electron chi connectivity index (χ0n) is 16.1. The fourth-order valence-corrected chi connectivity index (χ4v) is 2.91. The molecule has 0 N–H and O–H groups in total. The molecule has 0 aromatic carbocycles. The van der Waals surface area contributed by atoms with E-state index in [0.717, 1.165) is 25.0 Å². The molecule has 22 heavy (non-hydrogen) atoms. The maximum Gasteiger partial charge on any atom is 0.230 e. The zero-order chi connectivity index (χ0) is 17.9. The van der Waals surface area contributed by atoms with Crippen molar-refractivity contribution < 1.29 is 4.79 Å². The number of hydrogen-bond donors (Lipinski definition) is 0. The number of carbonyl (C=O) groups excluding carboxylic acids is 1. The Morgan fingerprint density at radius 3 is 2.00 bits per heavy atom. The average Bonchev–Trinajstić information content (AvgIpc) is 2.83. The summed E-state index contributed by atoms with van der Waals surface area (Å²) >= 11 is 0. The van der Waals surface area contributed by atoms with Crippen LogP contribution in [0.2, 0.25) is 0 Å². The molecule has 0 radical (unpaired) electrons. The molecule has 2 heteroatoms. The lowest BCUT2D eigenvalue weighted by Crippen LogP contribution is -2.24. The van der Waals surface area contributed by atoms with Gasteiger partial charge in [-0.3, -0.25) is 4.79 Å². The van der Waals surface area contributed by atoms with Crippen LogP contribution < -0.4 is 0 Å². The summed E-state index contributed by atoms with van der Waals surface area (Å²) in [5.74, 6) is 0.681. The van der Waals surface area contributed by atoms with Crippen LogP contribution in [0, 0.1) is 11.8 Å². The highest BCUT2D eigenvalue weighted by Crippen LogP contribution is 2.45. The third-order valence-electron chi connectivity index (χ3n) is 4.03. The summed E-state index contributed by atoms with van der Waals surface area (Å²) in [6.07, 6.45) is 4.80. The molecular formula is C20H37NO. The van der Waals surface area contributed by atoms with Crippen LogP contribution in [-0.2, 0) is 4.79 Å². The molecular weight excluding hydrogens is 270 g/mol. The van der Waals surface area contributed by atoms with Gasteiger partial charge >= 0.3 is 0 Å². The molecule has 128 valence electrons. The number of likely N-dealkylation sites (tertiary alicyclic amines) is 1. The predicted octanol–water partition coefficient (Wildman–Crippen LogP) is 5.97. The summed E-state index contributed by atoms with van der Waals surface area (Å²) in [4.78, 5) is 13.8. The third kappa shape index (κ3) is 4.86. The summed E-state index contributed by atoms with van der Waals surface area (Å²) in [5, 5.41) is 0. The van der Waals surface area contributed by atoms with Crippen molar-refractivity contribution in [1.82, 2.24) is 4.90 Å². The first-order valence-electron chi connectivity index (χ1n) is 8.89. The molecule has 2 unspecified atom stereocenters. The van der Waals surface area contributed by atoms with Crippen molar-refractivity contribution in [3.8, 4) is 0 Å². The summed E-state index contributed by atoms with van der Waals surface area (Å²) in [6.45, 7) is 22.1. The van der Waals surface area contributed by atoms with Gasteiger partial charge in [-0.1, -0.05) is 73.3 Å². The molecule has 1 amide bonds. The first kappa shape index (κ1) is 23.0. The molecule has 1 fully saturated rings. The number of hydrogen-bond acceptors (Lipinski definition) is 1. The molecule has 1 aliphatic heterocycles. The lowest BCUT2D eigenvalue weighted by atomic mass is 9.76. The van der Waals surface area contributed by atoms with Gasteiger partial charge in [-0.2, -0.15) is 0 Å². The molecule has 0 spiro atoms. The topological polar surface area (TPSA) is 20.3 Å². The standard InChI is InChI=1S/C14H19NO.3C2H6/c1-5-10-7-12-9(3)15(4)14(16)13(12)8-11(10)6-2;3*1-2/h5,12-13H,1,3,6-8H2,2,4H3;3*1-2H3. The van der Waals surface area contributed by atoms with E-state index < -0.39 is 0 Å². The van der Waals surface area contributed by atoms with Crippen LogP contribution in [0.15, 0.2) is 36.1 Å². The second-order valence-electron chi connectivity index (χ2n) is 4.70. The molecule has 0 bridgehead atoms. The number of amides is 1. The highest BCUT2D eigenvalue weighted by molar-refractivity contribution is 5.85. The SMILES string of the molecule is C=CC1=C(CC)CC2C(=O)N(C)C(=C)C2C1.CC.CC.CC. The fraction of sp³-hybridized carbons (Fsp3) is 0.650. The van der Waals surface area contributed by atoms with Gasteiger partial charge in [-0.25, -0.2) is 0 Å². The van der Waals surface area contributed by atoms with Crippen molar-refractivity contribution in [2.75, 3.05) is 7.05 Å². The molecule has 2 aliphatic rings. The average molecular weight is 308 g/mol.